The fourth-order valence-electron chi connectivity index (χ4n) is 2.54. The van der Waals surface area contributed by atoms with E-state index >= 15 is 0 Å². The molecule has 0 spiro atoms. The summed E-state index contributed by atoms with van der Waals surface area (Å²) in [5.41, 5.74) is 0. The van der Waals surface area contributed by atoms with E-state index in [0.717, 1.165) is 30.7 Å². The lowest BCUT2D eigenvalue weighted by Crippen LogP contribution is -2.21. The number of halogens is 1. The Balaban J connectivity index is 1.61. The minimum atomic E-state index is 0.470. The molecule has 86 valence electrons. The van der Waals surface area contributed by atoms with E-state index < -0.39 is 0 Å². The summed E-state index contributed by atoms with van der Waals surface area (Å²) in [6.45, 7) is 2.26. The monoisotopic (exact) mass is 237 g/mol. The lowest BCUT2D eigenvalue weighted by Gasteiger charge is -2.16. The third kappa shape index (κ3) is 2.29. The molecule has 4 heteroatoms. The molecule has 2 aliphatic rings. The van der Waals surface area contributed by atoms with Gasteiger partial charge in [0.25, 0.3) is 0 Å². The SMILES string of the molecule is Clc1ccc(N2CCC(CC3CC3)C2)nn1. The molecule has 1 aliphatic carbocycles. The Kier molecular flexibility index (Phi) is 2.72. The van der Waals surface area contributed by atoms with E-state index in [-0.39, 0.29) is 0 Å². The molecule has 3 rings (SSSR count). The number of nitrogens with zero attached hydrogens (tertiary/aromatic N) is 3. The zero-order valence-electron chi connectivity index (χ0n) is 9.27. The van der Waals surface area contributed by atoms with Gasteiger partial charge in [-0.15, -0.1) is 10.2 Å². The summed E-state index contributed by atoms with van der Waals surface area (Å²) in [5.74, 6) is 2.87. The fourth-order valence-corrected chi connectivity index (χ4v) is 2.64. The maximum Gasteiger partial charge on any atom is 0.151 e. The van der Waals surface area contributed by atoms with Crippen LogP contribution in [-0.2, 0) is 0 Å². The van der Waals surface area contributed by atoms with Gasteiger partial charge in [0.15, 0.2) is 11.0 Å². The van der Waals surface area contributed by atoms with Crippen LogP contribution in [0.25, 0.3) is 0 Å². The van der Waals surface area contributed by atoms with Crippen molar-refractivity contribution < 1.29 is 0 Å². The van der Waals surface area contributed by atoms with Crippen molar-refractivity contribution in [2.24, 2.45) is 11.8 Å². The molecule has 2 heterocycles. The summed E-state index contributed by atoms with van der Waals surface area (Å²) in [7, 11) is 0. The Morgan fingerprint density at radius 3 is 2.75 bits per heavy atom. The average molecular weight is 238 g/mol. The van der Waals surface area contributed by atoms with Crippen molar-refractivity contribution in [2.75, 3.05) is 18.0 Å². The fraction of sp³-hybridized carbons (Fsp3) is 0.667. The van der Waals surface area contributed by atoms with Gasteiger partial charge in [-0.1, -0.05) is 24.4 Å². The van der Waals surface area contributed by atoms with Crippen LogP contribution >= 0.6 is 11.6 Å². The highest BCUT2D eigenvalue weighted by Gasteiger charge is 2.30. The van der Waals surface area contributed by atoms with Crippen LogP contribution in [0.4, 0.5) is 5.82 Å². The molecular formula is C12H16ClN3. The van der Waals surface area contributed by atoms with E-state index in [1.165, 1.54) is 25.7 Å². The van der Waals surface area contributed by atoms with Crippen molar-refractivity contribution in [3.05, 3.63) is 17.3 Å². The molecule has 1 aromatic rings. The molecule has 0 amide bonds. The number of rotatable bonds is 3. The van der Waals surface area contributed by atoms with E-state index in [0.29, 0.717) is 5.15 Å². The third-order valence-corrected chi connectivity index (χ3v) is 3.79. The molecule has 1 unspecified atom stereocenters. The number of aromatic nitrogens is 2. The average Bonchev–Trinajstić information content (AvgIpc) is 2.97. The molecule has 0 radical (unpaired) electrons. The zero-order valence-corrected chi connectivity index (χ0v) is 10.0. The van der Waals surface area contributed by atoms with Crippen LogP contribution in [0, 0.1) is 11.8 Å². The number of hydrogen-bond donors (Lipinski definition) is 0. The number of hydrogen-bond acceptors (Lipinski definition) is 3. The molecule has 0 N–H and O–H groups in total. The highest BCUT2D eigenvalue weighted by Crippen LogP contribution is 2.38. The highest BCUT2D eigenvalue weighted by atomic mass is 35.5. The molecule has 3 nitrogen and oxygen atoms in total. The van der Waals surface area contributed by atoms with Gasteiger partial charge in [0, 0.05) is 13.1 Å². The van der Waals surface area contributed by atoms with Crippen LogP contribution in [-0.4, -0.2) is 23.3 Å². The summed E-state index contributed by atoms with van der Waals surface area (Å²) >= 11 is 5.73. The zero-order chi connectivity index (χ0) is 11.0. The van der Waals surface area contributed by atoms with E-state index in [2.05, 4.69) is 15.1 Å². The maximum absolute atomic E-state index is 5.73. The molecule has 1 aliphatic heterocycles. The Morgan fingerprint density at radius 2 is 2.06 bits per heavy atom. The van der Waals surface area contributed by atoms with E-state index in [1.54, 1.807) is 0 Å². The second-order valence-electron chi connectivity index (χ2n) is 4.99. The van der Waals surface area contributed by atoms with Crippen LogP contribution in [0.2, 0.25) is 5.15 Å². The maximum atomic E-state index is 5.73. The van der Waals surface area contributed by atoms with Crippen LogP contribution < -0.4 is 4.90 Å². The first-order valence-electron chi connectivity index (χ1n) is 6.05. The summed E-state index contributed by atoms with van der Waals surface area (Å²) in [5, 5.41) is 8.50. The van der Waals surface area contributed by atoms with Crippen molar-refractivity contribution in [1.29, 1.82) is 0 Å². The van der Waals surface area contributed by atoms with E-state index in [9.17, 15) is 0 Å². The number of anilines is 1. The molecule has 16 heavy (non-hydrogen) atoms. The molecule has 0 aromatic carbocycles. The van der Waals surface area contributed by atoms with Gasteiger partial charge in [0.2, 0.25) is 0 Å². The van der Waals surface area contributed by atoms with Gasteiger partial charge in [-0.05, 0) is 36.8 Å². The second-order valence-corrected chi connectivity index (χ2v) is 5.38. The quantitative estimate of drug-likeness (QED) is 0.810. The molecule has 0 bridgehead atoms. The summed E-state index contributed by atoms with van der Waals surface area (Å²) < 4.78 is 0. The summed E-state index contributed by atoms with van der Waals surface area (Å²) in [4.78, 5) is 2.33. The summed E-state index contributed by atoms with van der Waals surface area (Å²) in [6, 6.07) is 3.78. The smallest absolute Gasteiger partial charge is 0.151 e. The van der Waals surface area contributed by atoms with Crippen molar-refractivity contribution in [1.82, 2.24) is 10.2 Å². The van der Waals surface area contributed by atoms with Crippen molar-refractivity contribution >= 4 is 17.4 Å². The first-order chi connectivity index (χ1) is 7.81. The largest absolute Gasteiger partial charge is 0.355 e. The third-order valence-electron chi connectivity index (χ3n) is 3.59. The predicted molar refractivity (Wildman–Crippen MR) is 64.7 cm³/mol. The lowest BCUT2D eigenvalue weighted by atomic mass is 10.0. The topological polar surface area (TPSA) is 29.0 Å². The predicted octanol–water partition coefficient (Wildman–Crippen LogP) is 2.76. The molecule has 1 saturated heterocycles. The molecule has 1 atom stereocenters. The van der Waals surface area contributed by atoms with Crippen LogP contribution in [0.3, 0.4) is 0 Å². The van der Waals surface area contributed by atoms with Gasteiger partial charge in [-0.25, -0.2) is 0 Å². The minimum Gasteiger partial charge on any atom is -0.355 e. The molecular weight excluding hydrogens is 222 g/mol. The van der Waals surface area contributed by atoms with Crippen LogP contribution in [0.5, 0.6) is 0 Å². The van der Waals surface area contributed by atoms with Gasteiger partial charge >= 0.3 is 0 Å². The molecule has 1 aromatic heterocycles. The Bertz CT molecular complexity index is 361. The first-order valence-corrected chi connectivity index (χ1v) is 6.43. The highest BCUT2D eigenvalue weighted by molar-refractivity contribution is 6.29. The normalized spacial score (nSPS) is 25.1. The molecule has 1 saturated carbocycles. The lowest BCUT2D eigenvalue weighted by molar-refractivity contribution is 0.500. The van der Waals surface area contributed by atoms with E-state index in [4.69, 9.17) is 11.6 Å². The van der Waals surface area contributed by atoms with Crippen LogP contribution in [0.15, 0.2) is 12.1 Å². The van der Waals surface area contributed by atoms with Crippen LogP contribution in [0.1, 0.15) is 25.7 Å². The standard InChI is InChI=1S/C12H16ClN3/c13-11-3-4-12(15-14-11)16-6-5-10(8-16)7-9-1-2-9/h3-4,9-10H,1-2,5-8H2. The van der Waals surface area contributed by atoms with Gasteiger partial charge in [0.05, 0.1) is 0 Å². The second kappa shape index (κ2) is 4.21. The van der Waals surface area contributed by atoms with Gasteiger partial charge < -0.3 is 4.90 Å². The Labute approximate surface area is 101 Å². The van der Waals surface area contributed by atoms with Gasteiger partial charge in [-0.2, -0.15) is 0 Å². The van der Waals surface area contributed by atoms with Crippen molar-refractivity contribution in [3.8, 4) is 0 Å². The Hall–Kier alpha value is -0.830. The van der Waals surface area contributed by atoms with Gasteiger partial charge in [-0.3, -0.25) is 0 Å². The van der Waals surface area contributed by atoms with Gasteiger partial charge in [0.1, 0.15) is 0 Å². The Morgan fingerprint density at radius 1 is 1.19 bits per heavy atom. The van der Waals surface area contributed by atoms with Crippen molar-refractivity contribution in [2.45, 2.75) is 25.7 Å². The van der Waals surface area contributed by atoms with Crippen molar-refractivity contribution in [3.63, 3.8) is 0 Å². The first kappa shape index (κ1) is 10.3. The minimum absolute atomic E-state index is 0.470. The molecule has 2 fully saturated rings. The van der Waals surface area contributed by atoms with E-state index in [1.807, 2.05) is 12.1 Å². The summed E-state index contributed by atoms with van der Waals surface area (Å²) in [6.07, 6.45) is 5.63.